The van der Waals surface area contributed by atoms with E-state index in [1.54, 1.807) is 0 Å². The van der Waals surface area contributed by atoms with Crippen molar-refractivity contribution in [3.63, 3.8) is 0 Å². The van der Waals surface area contributed by atoms with Crippen molar-refractivity contribution in [2.75, 3.05) is 7.11 Å². The Bertz CT molecular complexity index is 533. The predicted molar refractivity (Wildman–Crippen MR) is 61.7 cm³/mol. The fourth-order valence-electron chi connectivity index (χ4n) is 1.67. The van der Waals surface area contributed by atoms with Crippen LogP contribution in [0, 0.1) is 0 Å². The van der Waals surface area contributed by atoms with Gasteiger partial charge in [-0.3, -0.25) is 0 Å². The van der Waals surface area contributed by atoms with Crippen molar-refractivity contribution in [2.24, 2.45) is 0 Å². The summed E-state index contributed by atoms with van der Waals surface area (Å²) in [6.07, 6.45) is 3.73. The number of aromatic nitrogens is 1. The summed E-state index contributed by atoms with van der Waals surface area (Å²) in [5.41, 5.74) is 0.345. The second-order valence-electron chi connectivity index (χ2n) is 3.75. The second kappa shape index (κ2) is 5.46. The van der Waals surface area contributed by atoms with Gasteiger partial charge in [-0.1, -0.05) is 6.07 Å². The fraction of sp³-hybridized carbons (Fsp3) is 0.231. The molecule has 2 heterocycles. The Morgan fingerprint density at radius 1 is 1.39 bits per heavy atom. The van der Waals surface area contributed by atoms with Crippen molar-refractivity contribution < 1.29 is 23.6 Å². The summed E-state index contributed by atoms with van der Waals surface area (Å²) in [5, 5.41) is 9.04. The van der Waals surface area contributed by atoms with E-state index in [0.717, 1.165) is 0 Å². The van der Waals surface area contributed by atoms with Gasteiger partial charge in [0, 0.05) is 12.1 Å². The number of carbonyl (C=O) groups is 1. The number of ether oxygens (including phenoxy) is 1. The third kappa shape index (κ3) is 2.57. The predicted octanol–water partition coefficient (Wildman–Crippen LogP) is 0.894. The first-order valence-corrected chi connectivity index (χ1v) is 5.49. The molecule has 0 aromatic carbocycles. The molecule has 0 bridgehead atoms. The van der Waals surface area contributed by atoms with E-state index in [2.05, 4.69) is 4.74 Å². The summed E-state index contributed by atoms with van der Waals surface area (Å²) >= 11 is 0. The average Bonchev–Trinajstić information content (AvgIpc) is 2.82. The highest BCUT2D eigenvalue weighted by Crippen LogP contribution is 2.16. The molecule has 0 spiro atoms. The summed E-state index contributed by atoms with van der Waals surface area (Å²) in [6.45, 7) is 0.161. The van der Waals surface area contributed by atoms with Crippen LogP contribution in [0.15, 0.2) is 41.1 Å². The third-order valence-electron chi connectivity index (χ3n) is 2.52. The molecular formula is C13H14NO4+. The zero-order chi connectivity index (χ0) is 13.0. The molecule has 0 amide bonds. The maximum Gasteiger partial charge on any atom is 0.341 e. The number of hydrogen-bond acceptors (Lipinski definition) is 4. The standard InChI is InChI=1S/C13H14NO4/c1-17-13(16)11-7-10(9-15)18-12(11)8-14-5-3-2-4-6-14/h2-7,15H,8-9H2,1H3/q+1. The van der Waals surface area contributed by atoms with Crippen molar-refractivity contribution in [2.45, 2.75) is 13.2 Å². The molecule has 0 aliphatic carbocycles. The molecule has 0 saturated heterocycles. The Labute approximate surface area is 104 Å². The van der Waals surface area contributed by atoms with Crippen LogP contribution in [-0.4, -0.2) is 18.2 Å². The van der Waals surface area contributed by atoms with Crippen molar-refractivity contribution in [1.82, 2.24) is 0 Å². The lowest BCUT2D eigenvalue weighted by Gasteiger charge is -1.98. The molecule has 2 rings (SSSR count). The molecule has 94 valence electrons. The van der Waals surface area contributed by atoms with Crippen LogP contribution < -0.4 is 4.57 Å². The van der Waals surface area contributed by atoms with E-state index in [4.69, 9.17) is 9.52 Å². The second-order valence-corrected chi connectivity index (χ2v) is 3.75. The average molecular weight is 248 g/mol. The number of pyridine rings is 1. The van der Waals surface area contributed by atoms with Crippen molar-refractivity contribution >= 4 is 5.97 Å². The number of aliphatic hydroxyl groups excluding tert-OH is 1. The van der Waals surface area contributed by atoms with E-state index in [1.807, 2.05) is 35.2 Å². The molecule has 5 heteroatoms. The summed E-state index contributed by atoms with van der Waals surface area (Å²) in [7, 11) is 1.31. The summed E-state index contributed by atoms with van der Waals surface area (Å²) in [4.78, 5) is 11.6. The Morgan fingerprint density at radius 2 is 2.11 bits per heavy atom. The van der Waals surface area contributed by atoms with Crippen LogP contribution >= 0.6 is 0 Å². The summed E-state index contributed by atoms with van der Waals surface area (Å²) < 4.78 is 12.0. The van der Waals surface area contributed by atoms with E-state index in [0.29, 0.717) is 23.6 Å². The Hall–Kier alpha value is -2.14. The molecular weight excluding hydrogens is 234 g/mol. The van der Waals surface area contributed by atoms with Crippen LogP contribution in [-0.2, 0) is 17.9 Å². The summed E-state index contributed by atoms with van der Waals surface area (Å²) in [5.74, 6) is 0.356. The lowest BCUT2D eigenvalue weighted by Crippen LogP contribution is -2.33. The van der Waals surface area contributed by atoms with Crippen LogP contribution in [0.5, 0.6) is 0 Å². The number of nitrogens with zero attached hydrogens (tertiary/aromatic N) is 1. The van der Waals surface area contributed by atoms with Crippen molar-refractivity contribution in [3.05, 3.63) is 53.7 Å². The molecule has 0 atom stereocenters. The van der Waals surface area contributed by atoms with E-state index in [1.165, 1.54) is 13.2 Å². The number of hydrogen-bond donors (Lipinski definition) is 1. The van der Waals surface area contributed by atoms with Crippen molar-refractivity contribution in [1.29, 1.82) is 0 Å². The maximum atomic E-state index is 11.6. The highest BCUT2D eigenvalue weighted by Gasteiger charge is 2.21. The van der Waals surface area contributed by atoms with Gasteiger partial charge in [-0.2, -0.15) is 4.57 Å². The number of carbonyl (C=O) groups excluding carboxylic acids is 1. The molecule has 0 unspecified atom stereocenters. The SMILES string of the molecule is COC(=O)c1cc(CO)oc1C[n+]1ccccc1. The van der Waals surface area contributed by atoms with Gasteiger partial charge >= 0.3 is 5.97 Å². The van der Waals surface area contributed by atoms with Crippen LogP contribution in [0.2, 0.25) is 0 Å². The smallest absolute Gasteiger partial charge is 0.341 e. The Morgan fingerprint density at radius 3 is 2.72 bits per heavy atom. The number of aliphatic hydroxyl groups is 1. The molecule has 0 fully saturated rings. The van der Waals surface area contributed by atoms with E-state index in [-0.39, 0.29) is 6.61 Å². The molecule has 0 aliphatic heterocycles. The minimum Gasteiger partial charge on any atom is -0.465 e. The molecule has 18 heavy (non-hydrogen) atoms. The normalized spacial score (nSPS) is 10.3. The zero-order valence-corrected chi connectivity index (χ0v) is 10.00. The number of furan rings is 1. The molecule has 1 N–H and O–H groups in total. The lowest BCUT2D eigenvalue weighted by atomic mass is 10.2. The van der Waals surface area contributed by atoms with Gasteiger partial charge < -0.3 is 14.3 Å². The minimum absolute atomic E-state index is 0.247. The first-order valence-electron chi connectivity index (χ1n) is 5.49. The van der Waals surface area contributed by atoms with Gasteiger partial charge in [0.15, 0.2) is 18.2 Å². The zero-order valence-electron chi connectivity index (χ0n) is 10.00. The molecule has 5 nitrogen and oxygen atoms in total. The molecule has 0 saturated carbocycles. The molecule has 0 aliphatic rings. The van der Waals surface area contributed by atoms with Crippen LogP contribution in [0.4, 0.5) is 0 Å². The van der Waals surface area contributed by atoms with Crippen LogP contribution in [0.3, 0.4) is 0 Å². The lowest BCUT2D eigenvalue weighted by molar-refractivity contribution is -0.690. The summed E-state index contributed by atoms with van der Waals surface area (Å²) in [6, 6.07) is 7.17. The van der Waals surface area contributed by atoms with Crippen LogP contribution in [0.1, 0.15) is 21.9 Å². The Kier molecular flexibility index (Phi) is 3.74. The van der Waals surface area contributed by atoms with Gasteiger partial charge in [0.1, 0.15) is 17.9 Å². The first kappa shape index (κ1) is 12.3. The van der Waals surface area contributed by atoms with Gasteiger partial charge in [-0.05, 0) is 6.07 Å². The Balaban J connectivity index is 2.31. The minimum atomic E-state index is -0.468. The number of methoxy groups -OCH3 is 1. The van der Waals surface area contributed by atoms with Crippen LogP contribution in [0.25, 0.3) is 0 Å². The van der Waals surface area contributed by atoms with E-state index >= 15 is 0 Å². The van der Waals surface area contributed by atoms with Gasteiger partial charge in [0.2, 0.25) is 6.54 Å². The largest absolute Gasteiger partial charge is 0.465 e. The van der Waals surface area contributed by atoms with Gasteiger partial charge in [-0.25, -0.2) is 4.79 Å². The highest BCUT2D eigenvalue weighted by molar-refractivity contribution is 5.90. The van der Waals surface area contributed by atoms with Crippen molar-refractivity contribution in [3.8, 4) is 0 Å². The molecule has 0 radical (unpaired) electrons. The third-order valence-corrected chi connectivity index (χ3v) is 2.52. The van der Waals surface area contributed by atoms with Gasteiger partial charge in [0.25, 0.3) is 0 Å². The first-order chi connectivity index (χ1) is 8.74. The molecule has 2 aromatic heterocycles. The van der Waals surface area contributed by atoms with E-state index in [9.17, 15) is 4.79 Å². The van der Waals surface area contributed by atoms with E-state index < -0.39 is 5.97 Å². The quantitative estimate of drug-likeness (QED) is 0.645. The van der Waals surface area contributed by atoms with Gasteiger partial charge in [0.05, 0.1) is 7.11 Å². The number of esters is 1. The highest BCUT2D eigenvalue weighted by atomic mass is 16.5. The molecule has 2 aromatic rings. The monoisotopic (exact) mass is 248 g/mol. The van der Waals surface area contributed by atoms with Gasteiger partial charge in [-0.15, -0.1) is 0 Å². The maximum absolute atomic E-state index is 11.6. The fourth-order valence-corrected chi connectivity index (χ4v) is 1.67. The number of rotatable bonds is 4. The topological polar surface area (TPSA) is 63.6 Å².